The number of aromatic nitrogens is 2. The van der Waals surface area contributed by atoms with Crippen LogP contribution < -0.4 is 9.80 Å². The monoisotopic (exact) mass is 798 g/mol. The predicted octanol–water partition coefficient (Wildman–Crippen LogP) is 16.1. The third kappa shape index (κ3) is 6.40. The molecule has 0 atom stereocenters. The molecule has 2 heterocycles. The fraction of sp³-hybridized carbons (Fsp3) is 0.0690. The van der Waals surface area contributed by atoms with Gasteiger partial charge < -0.3 is 18.9 Å². The summed E-state index contributed by atoms with van der Waals surface area (Å²) in [7, 11) is 0. The van der Waals surface area contributed by atoms with Gasteiger partial charge in [-0.1, -0.05) is 119 Å². The van der Waals surface area contributed by atoms with Crippen molar-refractivity contribution in [3.63, 3.8) is 0 Å². The molecule has 11 rings (SSSR count). The van der Waals surface area contributed by atoms with Crippen molar-refractivity contribution in [3.05, 3.63) is 229 Å². The smallest absolute Gasteiger partial charge is 0.0561 e. The molecule has 4 heteroatoms. The van der Waals surface area contributed by atoms with Crippen LogP contribution in [-0.2, 0) is 0 Å². The Balaban J connectivity index is 1.06. The van der Waals surface area contributed by atoms with Gasteiger partial charge in [-0.3, -0.25) is 0 Å². The number of rotatable bonds is 8. The highest BCUT2D eigenvalue weighted by molar-refractivity contribution is 6.11. The molecule has 0 aliphatic heterocycles. The molecule has 0 radical (unpaired) electrons. The number of hydrogen-bond acceptors (Lipinski definition) is 2. The summed E-state index contributed by atoms with van der Waals surface area (Å²) in [5.41, 5.74) is 18.6. The van der Waals surface area contributed by atoms with E-state index in [1.165, 1.54) is 54.8 Å². The highest BCUT2D eigenvalue weighted by atomic mass is 15.2. The van der Waals surface area contributed by atoms with Crippen LogP contribution in [0.4, 0.5) is 34.1 Å². The van der Waals surface area contributed by atoms with Crippen LogP contribution >= 0.6 is 0 Å². The molecule has 4 nitrogen and oxygen atoms in total. The molecule has 0 unspecified atom stereocenters. The summed E-state index contributed by atoms with van der Waals surface area (Å²) < 4.78 is 4.84. The summed E-state index contributed by atoms with van der Waals surface area (Å²) in [6, 6.07) is 75.7. The van der Waals surface area contributed by atoms with Crippen molar-refractivity contribution in [1.29, 1.82) is 0 Å². The molecule has 0 aliphatic rings. The van der Waals surface area contributed by atoms with Gasteiger partial charge in [-0.05, 0) is 137 Å². The average molecular weight is 799 g/mol. The van der Waals surface area contributed by atoms with Crippen molar-refractivity contribution < 1.29 is 0 Å². The summed E-state index contributed by atoms with van der Waals surface area (Å²) in [4.78, 5) is 4.72. The molecule has 62 heavy (non-hydrogen) atoms. The Bertz CT molecular complexity index is 3090. The van der Waals surface area contributed by atoms with Crippen LogP contribution in [0.3, 0.4) is 0 Å². The molecule has 11 aromatic rings. The first kappa shape index (κ1) is 37.2. The molecular formula is C58H46N4. The van der Waals surface area contributed by atoms with Crippen molar-refractivity contribution in [3.8, 4) is 11.4 Å². The van der Waals surface area contributed by atoms with E-state index in [4.69, 9.17) is 0 Å². The first-order chi connectivity index (χ1) is 30.4. The van der Waals surface area contributed by atoms with Crippen molar-refractivity contribution in [2.24, 2.45) is 0 Å². The Labute approximate surface area is 362 Å². The van der Waals surface area contributed by atoms with Crippen molar-refractivity contribution in [1.82, 2.24) is 9.13 Å². The Morgan fingerprint density at radius 3 is 0.855 bits per heavy atom. The largest absolute Gasteiger partial charge is 0.310 e. The fourth-order valence-corrected chi connectivity index (χ4v) is 9.17. The van der Waals surface area contributed by atoms with Gasteiger partial charge in [0.15, 0.2) is 0 Å². The lowest BCUT2D eigenvalue weighted by Gasteiger charge is -2.26. The molecule has 2 aromatic heterocycles. The maximum atomic E-state index is 2.42. The molecule has 0 saturated carbocycles. The highest BCUT2D eigenvalue weighted by Crippen LogP contribution is 2.42. The number of benzene rings is 9. The van der Waals surface area contributed by atoms with E-state index in [0.717, 1.165) is 56.5 Å². The second-order valence-electron chi connectivity index (χ2n) is 16.6. The molecule has 9 aromatic carbocycles. The van der Waals surface area contributed by atoms with Gasteiger partial charge in [0.1, 0.15) is 0 Å². The fourth-order valence-electron chi connectivity index (χ4n) is 9.17. The number of fused-ring (bicyclic) bond motifs is 6. The number of anilines is 6. The van der Waals surface area contributed by atoms with Crippen molar-refractivity contribution in [2.45, 2.75) is 27.7 Å². The van der Waals surface area contributed by atoms with E-state index in [9.17, 15) is 0 Å². The van der Waals surface area contributed by atoms with Crippen molar-refractivity contribution >= 4 is 77.7 Å². The maximum Gasteiger partial charge on any atom is 0.0561 e. The van der Waals surface area contributed by atoms with Crippen LogP contribution in [0.2, 0.25) is 0 Å². The lowest BCUT2D eigenvalue weighted by molar-refractivity contribution is 1.14. The van der Waals surface area contributed by atoms with Crippen LogP contribution in [0.25, 0.3) is 55.0 Å². The highest BCUT2D eigenvalue weighted by Gasteiger charge is 2.20. The van der Waals surface area contributed by atoms with Gasteiger partial charge in [-0.15, -0.1) is 0 Å². The molecule has 0 aliphatic carbocycles. The lowest BCUT2D eigenvalue weighted by atomic mass is 10.1. The van der Waals surface area contributed by atoms with Crippen LogP contribution in [0.15, 0.2) is 206 Å². The molecule has 0 N–H and O–H groups in total. The number of nitrogens with zero attached hydrogens (tertiary/aromatic N) is 4. The van der Waals surface area contributed by atoms with Crippen LogP contribution in [0, 0.1) is 27.7 Å². The zero-order valence-electron chi connectivity index (χ0n) is 35.4. The maximum absolute atomic E-state index is 2.42. The Morgan fingerprint density at radius 1 is 0.258 bits per heavy atom. The number of aryl methyl sites for hydroxylation is 4. The molecule has 0 saturated heterocycles. The minimum atomic E-state index is 1.11. The molecule has 0 amide bonds. The molecule has 0 fully saturated rings. The van der Waals surface area contributed by atoms with Crippen molar-refractivity contribution in [2.75, 3.05) is 9.80 Å². The zero-order chi connectivity index (χ0) is 41.9. The van der Waals surface area contributed by atoms with Gasteiger partial charge in [0.2, 0.25) is 0 Å². The van der Waals surface area contributed by atoms with Gasteiger partial charge in [-0.25, -0.2) is 0 Å². The average Bonchev–Trinajstić information content (AvgIpc) is 3.81. The van der Waals surface area contributed by atoms with E-state index < -0.39 is 0 Å². The van der Waals surface area contributed by atoms with Gasteiger partial charge in [0.05, 0.1) is 22.1 Å². The first-order valence-corrected chi connectivity index (χ1v) is 21.4. The normalized spacial score (nSPS) is 11.5. The summed E-state index contributed by atoms with van der Waals surface area (Å²) in [5, 5.41) is 4.92. The van der Waals surface area contributed by atoms with E-state index in [0.29, 0.717) is 0 Å². The summed E-state index contributed by atoms with van der Waals surface area (Å²) in [5.74, 6) is 0. The molecule has 0 bridgehead atoms. The van der Waals surface area contributed by atoms with E-state index >= 15 is 0 Å². The third-order valence-corrected chi connectivity index (χ3v) is 12.4. The Morgan fingerprint density at radius 2 is 0.532 bits per heavy atom. The van der Waals surface area contributed by atoms with Crippen LogP contribution in [0.1, 0.15) is 22.3 Å². The first-order valence-electron chi connectivity index (χ1n) is 21.4. The van der Waals surface area contributed by atoms with Gasteiger partial charge in [0.25, 0.3) is 0 Å². The third-order valence-electron chi connectivity index (χ3n) is 12.4. The lowest BCUT2D eigenvalue weighted by Crippen LogP contribution is -2.10. The minimum Gasteiger partial charge on any atom is -0.310 e. The minimum absolute atomic E-state index is 1.11. The predicted molar refractivity (Wildman–Crippen MR) is 263 cm³/mol. The van der Waals surface area contributed by atoms with E-state index in [2.05, 4.69) is 253 Å². The molecule has 0 spiro atoms. The Hall–Kier alpha value is -7.82. The number of para-hydroxylation sites is 2. The topological polar surface area (TPSA) is 16.3 Å². The SMILES string of the molecule is Cc1ccc(N(c2ccc(C)cc2)c2ccc3c4ccccc4n(-c4ccc(-n5c6ccccc6c6ccc(N(c7ccc(C)cc7)c7ccc(C)cc7)cc65)cc4)c3c2)cc1. The van der Waals surface area contributed by atoms with E-state index in [1.807, 2.05) is 0 Å². The van der Waals surface area contributed by atoms with Crippen LogP contribution in [-0.4, -0.2) is 9.13 Å². The van der Waals surface area contributed by atoms with E-state index in [1.54, 1.807) is 0 Å². The van der Waals surface area contributed by atoms with Gasteiger partial charge in [0, 0.05) is 67.0 Å². The summed E-state index contributed by atoms with van der Waals surface area (Å²) in [6.07, 6.45) is 0. The zero-order valence-corrected chi connectivity index (χ0v) is 35.4. The second kappa shape index (κ2) is 15.0. The van der Waals surface area contributed by atoms with Gasteiger partial charge in [-0.2, -0.15) is 0 Å². The van der Waals surface area contributed by atoms with Crippen LogP contribution in [0.5, 0.6) is 0 Å². The number of hydrogen-bond donors (Lipinski definition) is 0. The standard InChI is InChI=1S/C58H46N4/c1-39-13-21-43(22-14-39)59(44-23-15-40(2)16-24-44)49-33-35-53-51-9-5-7-11-55(51)61(57(53)37-49)47-29-31-48(32-30-47)62-56-12-8-6-10-52(56)54-36-34-50(38-58(54)62)60(45-25-17-41(3)18-26-45)46-27-19-42(4)20-28-46/h5-38H,1-4H3. The quantitative estimate of drug-likeness (QED) is 0.152. The summed E-state index contributed by atoms with van der Waals surface area (Å²) >= 11 is 0. The van der Waals surface area contributed by atoms with Gasteiger partial charge >= 0.3 is 0 Å². The van der Waals surface area contributed by atoms with E-state index in [-0.39, 0.29) is 0 Å². The molecule has 298 valence electrons. The second-order valence-corrected chi connectivity index (χ2v) is 16.6. The molecular weight excluding hydrogens is 753 g/mol. The Kier molecular flexibility index (Phi) is 9.01. The summed E-state index contributed by atoms with van der Waals surface area (Å²) in [6.45, 7) is 8.56.